The number of nitrogens with zero attached hydrogens (tertiary/aromatic N) is 1. The van der Waals surface area contributed by atoms with Crippen LogP contribution in [0.3, 0.4) is 0 Å². The van der Waals surface area contributed by atoms with Gasteiger partial charge in [-0.2, -0.15) is 4.31 Å². The standard InChI is InChI=1S/C24H28N4O2S/c25-21-11-13-22(14-12-21)31(29,30)28(18-20-9-5-2-6-10-20)24-17-26-16-23(24)27-15-19-7-3-1-4-8-19/h1-14,23-24,26-27H,15-18,25H2/t23-,24-/m0/s1. The average Bonchev–Trinajstić information content (AvgIpc) is 3.26. The topological polar surface area (TPSA) is 87.5 Å². The second-order valence-corrected chi connectivity index (χ2v) is 9.69. The fourth-order valence-corrected chi connectivity index (χ4v) is 5.59. The second-order valence-electron chi connectivity index (χ2n) is 7.80. The third-order valence-corrected chi connectivity index (χ3v) is 7.52. The lowest BCUT2D eigenvalue weighted by Crippen LogP contribution is -2.51. The second kappa shape index (κ2) is 9.62. The molecule has 6 nitrogen and oxygen atoms in total. The third kappa shape index (κ3) is 5.14. The molecule has 3 aromatic carbocycles. The lowest BCUT2D eigenvalue weighted by Gasteiger charge is -2.32. The van der Waals surface area contributed by atoms with Gasteiger partial charge >= 0.3 is 0 Å². The Balaban J connectivity index is 1.62. The van der Waals surface area contributed by atoms with Crippen LogP contribution >= 0.6 is 0 Å². The van der Waals surface area contributed by atoms with Crippen molar-refractivity contribution in [2.75, 3.05) is 18.8 Å². The van der Waals surface area contributed by atoms with E-state index in [2.05, 4.69) is 22.8 Å². The van der Waals surface area contributed by atoms with Gasteiger partial charge < -0.3 is 16.4 Å². The molecule has 0 bridgehead atoms. The fourth-order valence-electron chi connectivity index (χ4n) is 3.94. The van der Waals surface area contributed by atoms with Crippen LogP contribution in [0.4, 0.5) is 5.69 Å². The predicted octanol–water partition coefficient (Wildman–Crippen LogP) is 2.59. The van der Waals surface area contributed by atoms with Crippen LogP contribution in [0.2, 0.25) is 0 Å². The van der Waals surface area contributed by atoms with Gasteiger partial charge in [0.1, 0.15) is 0 Å². The van der Waals surface area contributed by atoms with Gasteiger partial charge in [-0.1, -0.05) is 60.7 Å². The minimum atomic E-state index is -3.72. The summed E-state index contributed by atoms with van der Waals surface area (Å²) in [7, 11) is -3.72. The van der Waals surface area contributed by atoms with Crippen molar-refractivity contribution in [3.8, 4) is 0 Å². The Morgan fingerprint density at radius 3 is 2.13 bits per heavy atom. The van der Waals surface area contributed by atoms with Gasteiger partial charge in [-0.05, 0) is 35.4 Å². The van der Waals surface area contributed by atoms with Gasteiger partial charge in [-0.25, -0.2) is 8.42 Å². The number of hydrogen-bond acceptors (Lipinski definition) is 5. The van der Waals surface area contributed by atoms with Gasteiger partial charge in [0.25, 0.3) is 0 Å². The van der Waals surface area contributed by atoms with Crippen LogP contribution in [0.15, 0.2) is 89.8 Å². The molecule has 1 aliphatic heterocycles. The summed E-state index contributed by atoms with van der Waals surface area (Å²) < 4.78 is 29.0. The minimum absolute atomic E-state index is 0.00697. The van der Waals surface area contributed by atoms with Gasteiger partial charge in [0, 0.05) is 37.9 Å². The quantitative estimate of drug-likeness (QED) is 0.473. The molecule has 0 radical (unpaired) electrons. The number of benzene rings is 3. The lowest BCUT2D eigenvalue weighted by atomic mass is 10.1. The van der Waals surface area contributed by atoms with E-state index in [0.717, 1.165) is 5.56 Å². The zero-order chi connectivity index (χ0) is 21.7. The predicted molar refractivity (Wildman–Crippen MR) is 124 cm³/mol. The van der Waals surface area contributed by atoms with Crippen molar-refractivity contribution in [1.82, 2.24) is 14.9 Å². The molecule has 0 spiro atoms. The zero-order valence-corrected chi connectivity index (χ0v) is 18.1. The van der Waals surface area contributed by atoms with Crippen molar-refractivity contribution in [3.63, 3.8) is 0 Å². The Morgan fingerprint density at radius 2 is 1.48 bits per heavy atom. The molecule has 2 atom stereocenters. The summed E-state index contributed by atoms with van der Waals surface area (Å²) in [5.74, 6) is 0. The highest BCUT2D eigenvalue weighted by Crippen LogP contribution is 2.25. The average molecular weight is 437 g/mol. The summed E-state index contributed by atoms with van der Waals surface area (Å²) in [4.78, 5) is 0.256. The maximum Gasteiger partial charge on any atom is 0.243 e. The first kappa shape index (κ1) is 21.5. The maximum absolute atomic E-state index is 13.7. The largest absolute Gasteiger partial charge is 0.399 e. The van der Waals surface area contributed by atoms with Gasteiger partial charge in [0.05, 0.1) is 10.9 Å². The molecular formula is C24H28N4O2S. The molecule has 0 amide bonds. The van der Waals surface area contributed by atoms with Crippen molar-refractivity contribution in [2.45, 2.75) is 30.1 Å². The summed E-state index contributed by atoms with van der Waals surface area (Å²) in [5.41, 5.74) is 8.44. The molecule has 7 heteroatoms. The number of hydrogen-bond donors (Lipinski definition) is 3. The molecule has 1 saturated heterocycles. The van der Waals surface area contributed by atoms with Crippen molar-refractivity contribution < 1.29 is 8.42 Å². The van der Waals surface area contributed by atoms with Gasteiger partial charge in [0.15, 0.2) is 0 Å². The first-order valence-electron chi connectivity index (χ1n) is 10.4. The number of anilines is 1. The monoisotopic (exact) mass is 436 g/mol. The molecule has 1 aliphatic rings. The van der Waals surface area contributed by atoms with E-state index in [1.807, 2.05) is 48.5 Å². The Morgan fingerprint density at radius 1 is 0.871 bits per heavy atom. The number of nitrogens with one attached hydrogen (secondary N) is 2. The highest BCUT2D eigenvalue weighted by molar-refractivity contribution is 7.89. The minimum Gasteiger partial charge on any atom is -0.399 e. The molecule has 3 aromatic rings. The van der Waals surface area contributed by atoms with E-state index in [1.165, 1.54) is 5.56 Å². The molecule has 31 heavy (non-hydrogen) atoms. The number of nitrogen functional groups attached to an aromatic ring is 1. The fraction of sp³-hybridized carbons (Fsp3) is 0.250. The number of sulfonamides is 1. The highest BCUT2D eigenvalue weighted by Gasteiger charge is 2.39. The summed E-state index contributed by atoms with van der Waals surface area (Å²) in [5, 5.41) is 6.93. The molecular weight excluding hydrogens is 408 g/mol. The molecule has 0 unspecified atom stereocenters. The van der Waals surface area contributed by atoms with Crippen molar-refractivity contribution in [1.29, 1.82) is 0 Å². The normalized spacial score (nSPS) is 19.0. The van der Waals surface area contributed by atoms with E-state index in [9.17, 15) is 8.42 Å². The van der Waals surface area contributed by atoms with Crippen LogP contribution in [-0.4, -0.2) is 37.9 Å². The van der Waals surface area contributed by atoms with Crippen LogP contribution < -0.4 is 16.4 Å². The molecule has 0 saturated carbocycles. The van der Waals surface area contributed by atoms with Crippen LogP contribution in [-0.2, 0) is 23.1 Å². The SMILES string of the molecule is Nc1ccc(S(=O)(=O)N(Cc2ccccc2)[C@H]2CNC[C@@H]2NCc2ccccc2)cc1. The van der Waals surface area contributed by atoms with Crippen LogP contribution in [0.25, 0.3) is 0 Å². The summed E-state index contributed by atoms with van der Waals surface area (Å²) in [6.07, 6.45) is 0. The van der Waals surface area contributed by atoms with E-state index >= 15 is 0 Å². The summed E-state index contributed by atoms with van der Waals surface area (Å²) in [6.45, 7) is 2.29. The number of rotatable bonds is 8. The van der Waals surface area contributed by atoms with E-state index in [4.69, 9.17) is 5.73 Å². The molecule has 0 aromatic heterocycles. The molecule has 4 N–H and O–H groups in total. The molecule has 4 rings (SSSR count). The Labute approximate surface area is 184 Å². The highest BCUT2D eigenvalue weighted by atomic mass is 32.2. The molecule has 1 heterocycles. The van der Waals surface area contributed by atoms with Gasteiger partial charge in [-0.3, -0.25) is 0 Å². The first-order valence-corrected chi connectivity index (χ1v) is 11.9. The summed E-state index contributed by atoms with van der Waals surface area (Å²) >= 11 is 0. The van der Waals surface area contributed by atoms with Crippen LogP contribution in [0.1, 0.15) is 11.1 Å². The van der Waals surface area contributed by atoms with E-state index in [0.29, 0.717) is 31.9 Å². The van der Waals surface area contributed by atoms with Crippen molar-refractivity contribution in [2.24, 2.45) is 0 Å². The Kier molecular flexibility index (Phi) is 6.67. The van der Waals surface area contributed by atoms with Crippen molar-refractivity contribution >= 4 is 15.7 Å². The third-order valence-electron chi connectivity index (χ3n) is 5.63. The molecule has 0 aliphatic carbocycles. The van der Waals surface area contributed by atoms with E-state index in [-0.39, 0.29) is 17.0 Å². The number of nitrogens with two attached hydrogens (primary N) is 1. The molecule has 162 valence electrons. The van der Waals surface area contributed by atoms with Crippen LogP contribution in [0.5, 0.6) is 0 Å². The Bertz CT molecular complexity index is 1070. The van der Waals surface area contributed by atoms with E-state index in [1.54, 1.807) is 28.6 Å². The molecule has 1 fully saturated rings. The van der Waals surface area contributed by atoms with Crippen LogP contribution in [0, 0.1) is 0 Å². The Hall–Kier alpha value is -2.71. The van der Waals surface area contributed by atoms with Gasteiger partial charge in [0.2, 0.25) is 10.0 Å². The maximum atomic E-state index is 13.7. The van der Waals surface area contributed by atoms with E-state index < -0.39 is 10.0 Å². The summed E-state index contributed by atoms with van der Waals surface area (Å²) in [6, 6.07) is 26.1. The lowest BCUT2D eigenvalue weighted by molar-refractivity contribution is 0.285. The van der Waals surface area contributed by atoms with Gasteiger partial charge in [-0.15, -0.1) is 0 Å². The smallest absolute Gasteiger partial charge is 0.243 e. The zero-order valence-electron chi connectivity index (χ0n) is 17.3. The van der Waals surface area contributed by atoms with Crippen molar-refractivity contribution in [3.05, 3.63) is 96.1 Å². The first-order chi connectivity index (χ1) is 15.0.